The van der Waals surface area contributed by atoms with E-state index in [-0.39, 0.29) is 0 Å². The van der Waals surface area contributed by atoms with Crippen molar-refractivity contribution in [1.29, 1.82) is 0 Å². The standard InChI is InChI=1S/C12H24O2/c1-10(2)11(12(3,4)5)7-6-8-14-9-13/h9-11H,6-8H2,1-5H3. The summed E-state index contributed by atoms with van der Waals surface area (Å²) in [6.45, 7) is 12.4. The summed E-state index contributed by atoms with van der Waals surface area (Å²) in [6, 6.07) is 0. The van der Waals surface area contributed by atoms with Gasteiger partial charge < -0.3 is 4.74 Å². The minimum Gasteiger partial charge on any atom is -0.468 e. The third-order valence-electron chi connectivity index (χ3n) is 2.76. The number of rotatable bonds is 6. The number of carbonyl (C=O) groups excluding carboxylic acids is 1. The van der Waals surface area contributed by atoms with E-state index in [9.17, 15) is 4.79 Å². The number of carbonyl (C=O) groups is 1. The third-order valence-corrected chi connectivity index (χ3v) is 2.76. The molecule has 0 rings (SSSR count). The lowest BCUT2D eigenvalue weighted by atomic mass is 9.72. The van der Waals surface area contributed by atoms with Crippen LogP contribution < -0.4 is 0 Å². The van der Waals surface area contributed by atoms with Crippen LogP contribution in [-0.4, -0.2) is 13.1 Å². The van der Waals surface area contributed by atoms with Gasteiger partial charge in [-0.25, -0.2) is 0 Å². The molecule has 2 nitrogen and oxygen atoms in total. The maximum atomic E-state index is 9.96. The fraction of sp³-hybridized carbons (Fsp3) is 0.917. The van der Waals surface area contributed by atoms with Crippen molar-refractivity contribution in [3.63, 3.8) is 0 Å². The molecule has 0 fully saturated rings. The van der Waals surface area contributed by atoms with Crippen LogP contribution in [0.3, 0.4) is 0 Å². The smallest absolute Gasteiger partial charge is 0.293 e. The van der Waals surface area contributed by atoms with Gasteiger partial charge >= 0.3 is 0 Å². The fourth-order valence-corrected chi connectivity index (χ4v) is 2.20. The molecule has 0 saturated heterocycles. The molecule has 0 radical (unpaired) electrons. The van der Waals surface area contributed by atoms with Crippen LogP contribution in [0, 0.1) is 17.3 Å². The topological polar surface area (TPSA) is 26.3 Å². The average Bonchev–Trinajstić information content (AvgIpc) is 2.01. The Hall–Kier alpha value is -0.530. The molecule has 0 bridgehead atoms. The zero-order valence-electron chi connectivity index (χ0n) is 10.2. The summed E-state index contributed by atoms with van der Waals surface area (Å²) in [7, 11) is 0. The van der Waals surface area contributed by atoms with Gasteiger partial charge in [0.15, 0.2) is 0 Å². The third kappa shape index (κ3) is 5.25. The average molecular weight is 200 g/mol. The Bertz CT molecular complexity index is 156. The van der Waals surface area contributed by atoms with Crippen molar-refractivity contribution in [2.75, 3.05) is 6.61 Å². The molecule has 84 valence electrons. The Morgan fingerprint density at radius 3 is 2.21 bits per heavy atom. The first-order valence-electron chi connectivity index (χ1n) is 5.45. The van der Waals surface area contributed by atoms with Gasteiger partial charge in [-0.05, 0) is 30.1 Å². The van der Waals surface area contributed by atoms with Gasteiger partial charge in [-0.2, -0.15) is 0 Å². The highest BCUT2D eigenvalue weighted by Gasteiger charge is 2.26. The van der Waals surface area contributed by atoms with Crippen molar-refractivity contribution in [2.45, 2.75) is 47.5 Å². The van der Waals surface area contributed by atoms with E-state index in [1.807, 2.05) is 0 Å². The Morgan fingerprint density at radius 2 is 1.86 bits per heavy atom. The second kappa shape index (κ2) is 6.05. The summed E-state index contributed by atoms with van der Waals surface area (Å²) in [5.74, 6) is 1.38. The highest BCUT2D eigenvalue weighted by atomic mass is 16.5. The zero-order valence-corrected chi connectivity index (χ0v) is 10.2. The van der Waals surface area contributed by atoms with E-state index in [1.165, 1.54) is 0 Å². The van der Waals surface area contributed by atoms with E-state index in [2.05, 4.69) is 34.6 Å². The minimum atomic E-state index is 0.343. The van der Waals surface area contributed by atoms with Crippen LogP contribution >= 0.6 is 0 Å². The van der Waals surface area contributed by atoms with E-state index in [1.54, 1.807) is 0 Å². The largest absolute Gasteiger partial charge is 0.468 e. The quantitative estimate of drug-likeness (QED) is 0.486. The molecule has 0 spiro atoms. The van der Waals surface area contributed by atoms with Gasteiger partial charge in [-0.3, -0.25) is 4.79 Å². The SMILES string of the molecule is CC(C)C(CCCOC=O)C(C)(C)C. The molecule has 0 aliphatic carbocycles. The molecule has 0 N–H and O–H groups in total. The van der Waals surface area contributed by atoms with Crippen LogP contribution in [0.25, 0.3) is 0 Å². The maximum Gasteiger partial charge on any atom is 0.293 e. The highest BCUT2D eigenvalue weighted by Crippen LogP contribution is 2.35. The molecule has 0 aromatic heterocycles. The molecule has 0 amide bonds. The van der Waals surface area contributed by atoms with Crippen LogP contribution in [0.15, 0.2) is 0 Å². The summed E-state index contributed by atoms with van der Waals surface area (Å²) in [6.07, 6.45) is 2.11. The molecule has 0 aliphatic heterocycles. The molecule has 0 heterocycles. The summed E-state index contributed by atoms with van der Waals surface area (Å²) in [5.41, 5.74) is 0.343. The zero-order chi connectivity index (χ0) is 11.2. The molecule has 1 atom stereocenters. The summed E-state index contributed by atoms with van der Waals surface area (Å²) in [4.78, 5) is 9.96. The molecule has 0 saturated carbocycles. The van der Waals surface area contributed by atoms with Crippen molar-refractivity contribution in [1.82, 2.24) is 0 Å². The second-order valence-electron chi connectivity index (χ2n) is 5.33. The van der Waals surface area contributed by atoms with Gasteiger partial charge in [0, 0.05) is 0 Å². The lowest BCUT2D eigenvalue weighted by Gasteiger charge is -2.34. The molecule has 14 heavy (non-hydrogen) atoms. The van der Waals surface area contributed by atoms with Crippen LogP contribution in [0.1, 0.15) is 47.5 Å². The Kier molecular flexibility index (Phi) is 5.82. The lowest BCUT2D eigenvalue weighted by Crippen LogP contribution is -2.25. The van der Waals surface area contributed by atoms with E-state index in [0.29, 0.717) is 30.3 Å². The fourth-order valence-electron chi connectivity index (χ4n) is 2.20. The highest BCUT2D eigenvalue weighted by molar-refractivity contribution is 5.36. The second-order valence-corrected chi connectivity index (χ2v) is 5.33. The van der Waals surface area contributed by atoms with Crippen molar-refractivity contribution in [3.8, 4) is 0 Å². The van der Waals surface area contributed by atoms with Gasteiger partial charge in [0.1, 0.15) is 0 Å². The van der Waals surface area contributed by atoms with Crippen LogP contribution in [0.5, 0.6) is 0 Å². The molecular formula is C12H24O2. The van der Waals surface area contributed by atoms with E-state index >= 15 is 0 Å². The minimum absolute atomic E-state index is 0.343. The van der Waals surface area contributed by atoms with Gasteiger partial charge in [-0.1, -0.05) is 34.6 Å². The normalized spacial score (nSPS) is 14.1. The maximum absolute atomic E-state index is 9.96. The Labute approximate surface area is 88.0 Å². The number of ether oxygens (including phenoxy) is 1. The van der Waals surface area contributed by atoms with Crippen molar-refractivity contribution < 1.29 is 9.53 Å². The first-order valence-corrected chi connectivity index (χ1v) is 5.45. The molecule has 1 unspecified atom stereocenters. The summed E-state index contributed by atoms with van der Waals surface area (Å²) >= 11 is 0. The molecular weight excluding hydrogens is 176 g/mol. The molecule has 0 aliphatic rings. The monoisotopic (exact) mass is 200 g/mol. The Balaban J connectivity index is 3.93. The van der Waals surface area contributed by atoms with Crippen molar-refractivity contribution in [2.24, 2.45) is 17.3 Å². The van der Waals surface area contributed by atoms with Crippen LogP contribution in [0.4, 0.5) is 0 Å². The summed E-state index contributed by atoms with van der Waals surface area (Å²) in [5, 5.41) is 0. The van der Waals surface area contributed by atoms with Crippen molar-refractivity contribution >= 4 is 6.47 Å². The van der Waals surface area contributed by atoms with E-state index in [0.717, 1.165) is 12.8 Å². The molecule has 0 aromatic rings. The van der Waals surface area contributed by atoms with Crippen molar-refractivity contribution in [3.05, 3.63) is 0 Å². The van der Waals surface area contributed by atoms with E-state index in [4.69, 9.17) is 4.74 Å². The summed E-state index contributed by atoms with van der Waals surface area (Å²) < 4.78 is 4.70. The number of hydrogen-bond donors (Lipinski definition) is 0. The van der Waals surface area contributed by atoms with Gasteiger partial charge in [0.2, 0.25) is 0 Å². The van der Waals surface area contributed by atoms with Gasteiger partial charge in [0.05, 0.1) is 6.61 Å². The van der Waals surface area contributed by atoms with Gasteiger partial charge in [-0.15, -0.1) is 0 Å². The predicted molar refractivity (Wildman–Crippen MR) is 59.0 cm³/mol. The first-order chi connectivity index (χ1) is 6.39. The first kappa shape index (κ1) is 13.5. The number of hydrogen-bond acceptors (Lipinski definition) is 2. The Morgan fingerprint density at radius 1 is 1.29 bits per heavy atom. The lowest BCUT2D eigenvalue weighted by molar-refractivity contribution is -0.128. The van der Waals surface area contributed by atoms with Gasteiger partial charge in [0.25, 0.3) is 6.47 Å². The molecule has 2 heteroatoms. The predicted octanol–water partition coefficient (Wildman–Crippen LogP) is 3.26. The van der Waals surface area contributed by atoms with Crippen LogP contribution in [0.2, 0.25) is 0 Å². The van der Waals surface area contributed by atoms with Crippen LogP contribution in [-0.2, 0) is 9.53 Å². The van der Waals surface area contributed by atoms with E-state index < -0.39 is 0 Å². The molecule has 0 aromatic carbocycles.